The Labute approximate surface area is 177 Å². The lowest BCUT2D eigenvalue weighted by Gasteiger charge is -2.16. The van der Waals surface area contributed by atoms with Gasteiger partial charge in [0.25, 0.3) is 0 Å². The summed E-state index contributed by atoms with van der Waals surface area (Å²) in [5.74, 6) is -0.334. The van der Waals surface area contributed by atoms with Gasteiger partial charge in [0.1, 0.15) is 5.69 Å². The summed E-state index contributed by atoms with van der Waals surface area (Å²) in [6.07, 6.45) is -4.62. The van der Waals surface area contributed by atoms with Crippen LogP contribution in [0.2, 0.25) is 0 Å². The predicted molar refractivity (Wildman–Crippen MR) is 112 cm³/mol. The van der Waals surface area contributed by atoms with Gasteiger partial charge >= 0.3 is 6.18 Å². The van der Waals surface area contributed by atoms with Gasteiger partial charge in [-0.3, -0.25) is 4.79 Å². The molecular weight excluding hydrogens is 411 g/mol. The molecule has 1 N–H and O–H groups in total. The van der Waals surface area contributed by atoms with Crippen molar-refractivity contribution in [3.05, 3.63) is 71.4 Å². The average molecular weight is 431 g/mol. The Morgan fingerprint density at radius 3 is 2.23 bits per heavy atom. The van der Waals surface area contributed by atoms with Gasteiger partial charge in [0.05, 0.1) is 10.9 Å². The van der Waals surface area contributed by atoms with E-state index >= 15 is 0 Å². The van der Waals surface area contributed by atoms with Gasteiger partial charge in [0, 0.05) is 11.3 Å². The zero-order valence-electron chi connectivity index (χ0n) is 16.6. The zero-order chi connectivity index (χ0) is 21.9. The maximum absolute atomic E-state index is 13.4. The van der Waals surface area contributed by atoms with Gasteiger partial charge in [-0.2, -0.15) is 13.2 Å². The van der Waals surface area contributed by atoms with Crippen LogP contribution in [0.25, 0.3) is 11.3 Å². The summed E-state index contributed by atoms with van der Waals surface area (Å²) in [5, 5.41) is 2.05. The zero-order valence-corrected chi connectivity index (χ0v) is 17.4. The van der Waals surface area contributed by atoms with Crippen molar-refractivity contribution in [2.24, 2.45) is 0 Å². The van der Waals surface area contributed by atoms with Crippen LogP contribution < -0.4 is 5.32 Å². The van der Waals surface area contributed by atoms with Crippen molar-refractivity contribution in [1.82, 2.24) is 9.97 Å². The number of aromatic nitrogens is 2. The van der Waals surface area contributed by atoms with Crippen LogP contribution in [-0.2, 0) is 11.0 Å². The van der Waals surface area contributed by atoms with E-state index in [0.29, 0.717) is 11.3 Å². The molecule has 1 heterocycles. The van der Waals surface area contributed by atoms with E-state index in [4.69, 9.17) is 0 Å². The number of hydrogen-bond donors (Lipinski definition) is 1. The van der Waals surface area contributed by atoms with Gasteiger partial charge in [-0.1, -0.05) is 60.3 Å². The van der Waals surface area contributed by atoms with Crippen LogP contribution in [-0.4, -0.2) is 21.1 Å². The number of anilines is 1. The molecule has 0 aliphatic rings. The molecule has 30 heavy (non-hydrogen) atoms. The van der Waals surface area contributed by atoms with Gasteiger partial charge in [0.15, 0.2) is 5.16 Å². The lowest BCUT2D eigenvalue weighted by Crippen LogP contribution is -2.24. The molecule has 1 amide bonds. The van der Waals surface area contributed by atoms with Crippen LogP contribution in [0, 0.1) is 13.8 Å². The largest absolute Gasteiger partial charge is 0.433 e. The Hall–Kier alpha value is -2.87. The quantitative estimate of drug-likeness (QED) is 0.404. The highest BCUT2D eigenvalue weighted by atomic mass is 32.2. The molecular formula is C22H20F3N3OS. The first-order chi connectivity index (χ1) is 14.1. The minimum Gasteiger partial charge on any atom is -0.325 e. The predicted octanol–water partition coefficient (Wildman–Crippen LogP) is 5.90. The van der Waals surface area contributed by atoms with E-state index in [-0.39, 0.29) is 16.8 Å². The number of para-hydroxylation sites is 1. The number of nitrogens with one attached hydrogen (secondary N) is 1. The summed E-state index contributed by atoms with van der Waals surface area (Å²) < 4.78 is 40.1. The molecule has 0 saturated heterocycles. The maximum atomic E-state index is 13.4. The number of hydrogen-bond acceptors (Lipinski definition) is 4. The highest BCUT2D eigenvalue weighted by Crippen LogP contribution is 2.33. The number of alkyl halides is 3. The molecule has 4 nitrogen and oxygen atoms in total. The van der Waals surface area contributed by atoms with Crippen molar-refractivity contribution in [2.45, 2.75) is 37.4 Å². The van der Waals surface area contributed by atoms with Crippen LogP contribution in [0.5, 0.6) is 0 Å². The number of rotatable bonds is 5. The highest BCUT2D eigenvalue weighted by Gasteiger charge is 2.34. The molecule has 0 bridgehead atoms. The van der Waals surface area contributed by atoms with Crippen LogP contribution >= 0.6 is 11.8 Å². The Balaban J connectivity index is 1.87. The third-order valence-electron chi connectivity index (χ3n) is 4.45. The molecule has 0 saturated carbocycles. The summed E-state index contributed by atoms with van der Waals surface area (Å²) >= 11 is 0.887. The third-order valence-corrected chi connectivity index (χ3v) is 5.41. The third kappa shape index (κ3) is 5.18. The van der Waals surface area contributed by atoms with Crippen LogP contribution in [0.3, 0.4) is 0 Å². The summed E-state index contributed by atoms with van der Waals surface area (Å²) in [7, 11) is 0. The number of benzene rings is 2. The van der Waals surface area contributed by atoms with Gasteiger partial charge < -0.3 is 5.32 Å². The van der Waals surface area contributed by atoms with E-state index < -0.39 is 17.1 Å². The van der Waals surface area contributed by atoms with Crippen LogP contribution in [0.1, 0.15) is 23.7 Å². The first kappa shape index (κ1) is 21.8. The molecule has 2 aromatic carbocycles. The van der Waals surface area contributed by atoms with Crippen molar-refractivity contribution in [3.8, 4) is 11.3 Å². The molecule has 8 heteroatoms. The van der Waals surface area contributed by atoms with Crippen LogP contribution in [0.15, 0.2) is 59.8 Å². The number of aryl methyl sites for hydroxylation is 2. The van der Waals surface area contributed by atoms with Crippen molar-refractivity contribution in [3.63, 3.8) is 0 Å². The van der Waals surface area contributed by atoms with E-state index in [2.05, 4.69) is 15.3 Å². The Kier molecular flexibility index (Phi) is 6.45. The molecule has 0 spiro atoms. The van der Waals surface area contributed by atoms with Gasteiger partial charge in [0.2, 0.25) is 5.91 Å². The number of carbonyl (C=O) groups is 1. The fourth-order valence-electron chi connectivity index (χ4n) is 2.83. The second kappa shape index (κ2) is 8.87. The summed E-state index contributed by atoms with van der Waals surface area (Å²) in [4.78, 5) is 20.5. The fourth-order valence-corrected chi connectivity index (χ4v) is 3.61. The summed E-state index contributed by atoms with van der Waals surface area (Å²) in [6.45, 7) is 5.37. The van der Waals surface area contributed by atoms with Crippen molar-refractivity contribution >= 4 is 23.4 Å². The molecule has 0 aliphatic heterocycles. The Morgan fingerprint density at radius 2 is 1.63 bits per heavy atom. The normalized spacial score (nSPS) is 12.5. The molecule has 156 valence electrons. The highest BCUT2D eigenvalue weighted by molar-refractivity contribution is 8.00. The van der Waals surface area contributed by atoms with E-state index in [0.717, 1.165) is 29.0 Å². The molecule has 0 aliphatic carbocycles. The Morgan fingerprint density at radius 1 is 1.00 bits per heavy atom. The number of thioether (sulfide) groups is 1. The first-order valence-corrected chi connectivity index (χ1v) is 10.1. The smallest absolute Gasteiger partial charge is 0.325 e. The minimum absolute atomic E-state index is 0.104. The number of nitrogens with zero attached hydrogens (tertiary/aromatic N) is 2. The molecule has 1 atom stereocenters. The average Bonchev–Trinajstić information content (AvgIpc) is 2.70. The second-order valence-corrected chi connectivity index (χ2v) is 8.11. The minimum atomic E-state index is -4.62. The maximum Gasteiger partial charge on any atom is 0.433 e. The molecule has 1 aromatic heterocycles. The summed E-state index contributed by atoms with van der Waals surface area (Å²) in [5.41, 5.74) is 2.17. The Bertz CT molecular complexity index is 1030. The van der Waals surface area contributed by atoms with Crippen LogP contribution in [0.4, 0.5) is 18.9 Å². The fraction of sp³-hybridized carbons (Fsp3) is 0.227. The summed E-state index contributed by atoms with van der Waals surface area (Å²) in [6, 6.07) is 15.1. The van der Waals surface area contributed by atoms with E-state index in [1.807, 2.05) is 32.0 Å². The SMILES string of the molecule is Cc1cccc(C)c1NC(=O)[C@@H](C)Sc1nc(-c2ccccc2)cc(C(F)(F)F)n1. The number of amides is 1. The van der Waals surface area contributed by atoms with Crippen molar-refractivity contribution < 1.29 is 18.0 Å². The second-order valence-electron chi connectivity index (χ2n) is 6.80. The lowest BCUT2D eigenvalue weighted by molar-refractivity contribution is -0.141. The van der Waals surface area contributed by atoms with Crippen molar-refractivity contribution in [1.29, 1.82) is 0 Å². The molecule has 0 fully saturated rings. The van der Waals surface area contributed by atoms with E-state index in [1.165, 1.54) is 0 Å². The first-order valence-electron chi connectivity index (χ1n) is 9.20. The molecule has 3 aromatic rings. The molecule has 3 rings (SSSR count). The van der Waals surface area contributed by atoms with Gasteiger partial charge in [-0.15, -0.1) is 0 Å². The molecule has 0 unspecified atom stereocenters. The van der Waals surface area contributed by atoms with Gasteiger partial charge in [-0.25, -0.2) is 9.97 Å². The van der Waals surface area contributed by atoms with Gasteiger partial charge in [-0.05, 0) is 38.0 Å². The van der Waals surface area contributed by atoms with Crippen molar-refractivity contribution in [2.75, 3.05) is 5.32 Å². The monoisotopic (exact) mass is 431 g/mol. The molecule has 0 radical (unpaired) electrons. The number of carbonyl (C=O) groups excluding carboxylic acids is 1. The van der Waals surface area contributed by atoms with E-state index in [1.54, 1.807) is 37.3 Å². The lowest BCUT2D eigenvalue weighted by atomic mass is 10.1. The number of halogens is 3. The topological polar surface area (TPSA) is 54.9 Å². The van der Waals surface area contributed by atoms with E-state index in [9.17, 15) is 18.0 Å². The standard InChI is InChI=1S/C22H20F3N3OS/c1-13-8-7-9-14(2)19(13)28-20(29)15(3)30-21-26-17(16-10-5-4-6-11-16)12-18(27-21)22(23,24)25/h4-12,15H,1-3H3,(H,28,29)/t15-/m1/s1.